The molecule has 0 unspecified atom stereocenters. The van der Waals surface area contributed by atoms with Crippen molar-refractivity contribution in [3.05, 3.63) is 69.5 Å². The number of aromatic amines is 1. The molecule has 0 radical (unpaired) electrons. The highest BCUT2D eigenvalue weighted by Gasteiger charge is 2.14. The summed E-state index contributed by atoms with van der Waals surface area (Å²) in [6.45, 7) is 4.04. The topological polar surface area (TPSA) is 62.7 Å². The molecule has 1 atom stereocenters. The van der Waals surface area contributed by atoms with Crippen LogP contribution >= 0.6 is 23.8 Å². The van der Waals surface area contributed by atoms with Crippen LogP contribution in [0.1, 0.15) is 24.1 Å². The second-order valence-corrected chi connectivity index (χ2v) is 6.97. The zero-order valence-electron chi connectivity index (χ0n) is 14.5. The minimum Gasteiger partial charge on any atom is -0.348 e. The van der Waals surface area contributed by atoms with Crippen LogP contribution in [0.15, 0.2) is 48.5 Å². The zero-order valence-corrected chi connectivity index (χ0v) is 16.1. The van der Waals surface area contributed by atoms with Crippen LogP contribution in [0.4, 0.5) is 0 Å². The van der Waals surface area contributed by atoms with Gasteiger partial charge in [-0.05, 0) is 43.8 Å². The van der Waals surface area contributed by atoms with E-state index >= 15 is 0 Å². The van der Waals surface area contributed by atoms with Crippen LogP contribution in [0.2, 0.25) is 5.02 Å². The normalized spacial score (nSPS) is 12.0. The molecule has 1 aromatic heterocycles. The Bertz CT molecular complexity index is 960. The summed E-state index contributed by atoms with van der Waals surface area (Å²) in [6.07, 6.45) is 0. The van der Waals surface area contributed by atoms with E-state index in [9.17, 15) is 4.79 Å². The molecule has 3 rings (SSSR count). The van der Waals surface area contributed by atoms with Gasteiger partial charge >= 0.3 is 0 Å². The molecule has 5 nitrogen and oxygen atoms in total. The number of hydrogen-bond acceptors (Lipinski definition) is 3. The lowest BCUT2D eigenvalue weighted by atomic mass is 10.1. The third-order valence-corrected chi connectivity index (χ3v) is 4.68. The monoisotopic (exact) mass is 386 g/mol. The van der Waals surface area contributed by atoms with Gasteiger partial charge in [-0.25, -0.2) is 0 Å². The lowest BCUT2D eigenvalue weighted by molar-refractivity contribution is -0.122. The van der Waals surface area contributed by atoms with E-state index in [1.165, 1.54) is 0 Å². The molecule has 0 aliphatic heterocycles. The Morgan fingerprint density at radius 1 is 1.23 bits per heavy atom. The molecular weight excluding hydrogens is 368 g/mol. The van der Waals surface area contributed by atoms with Gasteiger partial charge in [0.25, 0.3) is 0 Å². The first kappa shape index (κ1) is 18.4. The fraction of sp³-hybridized carbons (Fsp3) is 0.211. The fourth-order valence-electron chi connectivity index (χ4n) is 2.65. The summed E-state index contributed by atoms with van der Waals surface area (Å²) in [7, 11) is 0. The van der Waals surface area contributed by atoms with E-state index < -0.39 is 0 Å². The Hall–Kier alpha value is -2.44. The summed E-state index contributed by atoms with van der Waals surface area (Å²) >= 11 is 11.2. The molecule has 0 spiro atoms. The van der Waals surface area contributed by atoms with Gasteiger partial charge in [0, 0.05) is 10.6 Å². The van der Waals surface area contributed by atoms with Gasteiger partial charge in [0.15, 0.2) is 10.6 Å². The number of rotatable bonds is 5. The Morgan fingerprint density at radius 2 is 1.88 bits per heavy atom. The Labute approximate surface area is 162 Å². The lowest BCUT2D eigenvalue weighted by Gasteiger charge is -2.15. The molecule has 0 saturated carbocycles. The van der Waals surface area contributed by atoms with E-state index in [1.807, 2.05) is 50.2 Å². The second-order valence-electron chi connectivity index (χ2n) is 6.15. The fourth-order valence-corrected chi connectivity index (χ4v) is 2.98. The molecule has 1 heterocycles. The molecule has 2 aromatic carbocycles. The van der Waals surface area contributed by atoms with Crippen molar-refractivity contribution in [2.75, 3.05) is 0 Å². The number of nitrogens with one attached hydrogen (secondary N) is 2. The predicted molar refractivity (Wildman–Crippen MR) is 106 cm³/mol. The quantitative estimate of drug-likeness (QED) is 0.637. The van der Waals surface area contributed by atoms with Gasteiger partial charge < -0.3 is 5.32 Å². The largest absolute Gasteiger partial charge is 0.348 e. The number of benzene rings is 2. The molecule has 0 aliphatic rings. The summed E-state index contributed by atoms with van der Waals surface area (Å²) in [5.41, 5.74) is 3.04. The zero-order chi connectivity index (χ0) is 18.7. The third kappa shape index (κ3) is 4.20. The van der Waals surface area contributed by atoms with Crippen molar-refractivity contribution in [3.8, 4) is 11.4 Å². The van der Waals surface area contributed by atoms with E-state index in [2.05, 4.69) is 15.5 Å². The molecule has 0 fully saturated rings. The Balaban J connectivity index is 1.75. The van der Waals surface area contributed by atoms with Crippen LogP contribution in [-0.4, -0.2) is 20.7 Å². The van der Waals surface area contributed by atoms with E-state index in [1.54, 1.807) is 16.7 Å². The summed E-state index contributed by atoms with van der Waals surface area (Å²) in [5, 5.41) is 10.7. The van der Waals surface area contributed by atoms with Crippen LogP contribution in [0.25, 0.3) is 11.4 Å². The summed E-state index contributed by atoms with van der Waals surface area (Å²) in [6, 6.07) is 15.2. The minimum absolute atomic E-state index is 0.0937. The highest BCUT2D eigenvalue weighted by molar-refractivity contribution is 7.71. The number of carbonyl (C=O) groups is 1. The molecule has 3 aromatic rings. The number of amides is 1. The molecule has 2 N–H and O–H groups in total. The van der Waals surface area contributed by atoms with Gasteiger partial charge in [-0.2, -0.15) is 5.10 Å². The van der Waals surface area contributed by atoms with Gasteiger partial charge in [0.05, 0.1) is 6.04 Å². The number of nitrogens with zero attached hydrogens (tertiary/aromatic N) is 2. The van der Waals surface area contributed by atoms with E-state index in [-0.39, 0.29) is 18.5 Å². The van der Waals surface area contributed by atoms with Gasteiger partial charge in [0.1, 0.15) is 6.54 Å². The smallest absolute Gasteiger partial charge is 0.240 e. The van der Waals surface area contributed by atoms with E-state index in [4.69, 9.17) is 23.8 Å². The van der Waals surface area contributed by atoms with Crippen molar-refractivity contribution in [2.45, 2.75) is 26.4 Å². The maximum atomic E-state index is 12.5. The van der Waals surface area contributed by atoms with Crippen molar-refractivity contribution < 1.29 is 4.79 Å². The van der Waals surface area contributed by atoms with Crippen molar-refractivity contribution in [2.24, 2.45) is 0 Å². The molecule has 1 amide bonds. The third-order valence-electron chi connectivity index (χ3n) is 4.12. The summed E-state index contributed by atoms with van der Waals surface area (Å²) in [5.74, 6) is 0.502. The average Bonchev–Trinajstić information content (AvgIpc) is 2.97. The van der Waals surface area contributed by atoms with Crippen molar-refractivity contribution >= 4 is 29.7 Å². The van der Waals surface area contributed by atoms with Crippen molar-refractivity contribution in [3.63, 3.8) is 0 Å². The first-order valence-corrected chi connectivity index (χ1v) is 9.00. The minimum atomic E-state index is -0.140. The molecule has 134 valence electrons. The van der Waals surface area contributed by atoms with E-state index in [0.29, 0.717) is 15.6 Å². The average molecular weight is 387 g/mol. The van der Waals surface area contributed by atoms with Gasteiger partial charge in [-0.15, -0.1) is 0 Å². The van der Waals surface area contributed by atoms with Crippen LogP contribution in [0, 0.1) is 11.7 Å². The van der Waals surface area contributed by atoms with Gasteiger partial charge in [-0.1, -0.05) is 53.6 Å². The Morgan fingerprint density at radius 3 is 2.54 bits per heavy atom. The maximum absolute atomic E-state index is 12.5. The first-order chi connectivity index (χ1) is 12.4. The summed E-state index contributed by atoms with van der Waals surface area (Å²) in [4.78, 5) is 12.5. The van der Waals surface area contributed by atoms with Crippen LogP contribution in [0.3, 0.4) is 0 Å². The Kier molecular flexibility index (Phi) is 5.54. The first-order valence-electron chi connectivity index (χ1n) is 8.21. The number of aromatic nitrogens is 3. The SMILES string of the molecule is Cc1ccc(-c2n[nH]c(=S)n2CC(=O)N[C@H](C)c2ccc(Cl)cc2)cc1. The molecule has 26 heavy (non-hydrogen) atoms. The number of H-pyrrole nitrogens is 1. The van der Waals surface area contributed by atoms with Crippen LogP contribution < -0.4 is 5.32 Å². The van der Waals surface area contributed by atoms with Crippen LogP contribution in [0.5, 0.6) is 0 Å². The molecule has 7 heteroatoms. The highest BCUT2D eigenvalue weighted by Crippen LogP contribution is 2.19. The molecule has 0 aliphatic carbocycles. The number of aryl methyl sites for hydroxylation is 1. The standard InChI is InChI=1S/C19H19ClN4OS/c1-12-3-5-15(6-4-12)18-22-23-19(26)24(18)11-17(25)21-13(2)14-7-9-16(20)10-8-14/h3-10,13H,11H2,1-2H3,(H,21,25)(H,23,26)/t13-/m1/s1. The van der Waals surface area contributed by atoms with Crippen molar-refractivity contribution in [1.29, 1.82) is 0 Å². The molecule has 0 bridgehead atoms. The van der Waals surface area contributed by atoms with E-state index in [0.717, 1.165) is 16.7 Å². The number of carbonyl (C=O) groups excluding carboxylic acids is 1. The molecule has 0 saturated heterocycles. The lowest BCUT2D eigenvalue weighted by Crippen LogP contribution is -2.30. The second kappa shape index (κ2) is 7.85. The number of halogens is 1. The maximum Gasteiger partial charge on any atom is 0.240 e. The van der Waals surface area contributed by atoms with Crippen molar-refractivity contribution in [1.82, 2.24) is 20.1 Å². The number of hydrogen-bond donors (Lipinski definition) is 2. The summed E-state index contributed by atoms with van der Waals surface area (Å²) < 4.78 is 2.11. The van der Waals surface area contributed by atoms with Gasteiger partial charge in [-0.3, -0.25) is 14.5 Å². The van der Waals surface area contributed by atoms with Crippen LogP contribution in [-0.2, 0) is 11.3 Å². The predicted octanol–water partition coefficient (Wildman–Crippen LogP) is 4.45. The highest BCUT2D eigenvalue weighted by atomic mass is 35.5. The van der Waals surface area contributed by atoms with Gasteiger partial charge in [0.2, 0.25) is 5.91 Å². The molecular formula is C19H19ClN4OS.